The highest BCUT2D eigenvalue weighted by Gasteiger charge is 2.37. The second-order valence-corrected chi connectivity index (χ2v) is 20.4. The summed E-state index contributed by atoms with van der Waals surface area (Å²) in [6, 6.07) is 58.5. The molecule has 0 saturated carbocycles. The van der Waals surface area contributed by atoms with Crippen molar-refractivity contribution in [1.82, 2.24) is 9.97 Å². The van der Waals surface area contributed by atoms with Crippen LogP contribution in [0.15, 0.2) is 183 Å². The Morgan fingerprint density at radius 2 is 0.600 bits per heavy atom. The van der Waals surface area contributed by atoms with Gasteiger partial charge >= 0.3 is 0 Å². The summed E-state index contributed by atoms with van der Waals surface area (Å²) in [5.74, 6) is 0. The van der Waals surface area contributed by atoms with E-state index in [-0.39, 0.29) is 10.8 Å². The van der Waals surface area contributed by atoms with Gasteiger partial charge < -0.3 is 9.80 Å². The quantitative estimate of drug-likeness (QED) is 0.128. The van der Waals surface area contributed by atoms with Crippen molar-refractivity contribution < 1.29 is 0 Å². The van der Waals surface area contributed by atoms with Crippen molar-refractivity contribution in [2.45, 2.75) is 66.2 Å². The van der Waals surface area contributed by atoms with Gasteiger partial charge in [-0.1, -0.05) is 137 Å². The summed E-state index contributed by atoms with van der Waals surface area (Å²) in [7, 11) is 0. The first-order valence-electron chi connectivity index (χ1n) is 24.4. The molecule has 2 aromatic heterocycles. The smallest absolute Gasteiger partial charge is 0.0492 e. The van der Waals surface area contributed by atoms with E-state index in [1.54, 1.807) is 0 Å². The van der Waals surface area contributed by atoms with Crippen LogP contribution >= 0.6 is 0 Å². The molecule has 0 N–H and O–H groups in total. The van der Waals surface area contributed by atoms with Gasteiger partial charge in [0.05, 0.1) is 0 Å². The number of anilines is 6. The molecule has 0 radical (unpaired) electrons. The van der Waals surface area contributed by atoms with Crippen LogP contribution in [0.25, 0.3) is 46.6 Å². The molecule has 2 heterocycles. The molecule has 0 saturated heterocycles. The number of hydrogen-bond acceptors (Lipinski definition) is 4. The molecule has 342 valence electrons. The lowest BCUT2D eigenvalue weighted by Crippen LogP contribution is -2.17. The topological polar surface area (TPSA) is 32.3 Å². The minimum absolute atomic E-state index is 0.170. The average molecular weight is 907 g/mol. The van der Waals surface area contributed by atoms with Crippen LogP contribution in [-0.4, -0.2) is 9.97 Å². The highest BCUT2D eigenvalue weighted by Crippen LogP contribution is 2.53. The molecule has 7 aromatic carbocycles. The highest BCUT2D eigenvalue weighted by molar-refractivity contribution is 5.89. The molecule has 0 unspecified atom stereocenters. The Hall–Kier alpha value is -8.08. The lowest BCUT2D eigenvalue weighted by Gasteiger charge is -2.28. The van der Waals surface area contributed by atoms with Crippen LogP contribution in [0.5, 0.6) is 0 Å². The summed E-state index contributed by atoms with van der Waals surface area (Å²) >= 11 is 0. The second kappa shape index (κ2) is 17.5. The Morgan fingerprint density at radius 1 is 0.300 bits per heavy atom. The fourth-order valence-corrected chi connectivity index (χ4v) is 11.1. The lowest BCUT2D eigenvalue weighted by molar-refractivity contribution is 0.660. The van der Waals surface area contributed by atoms with Crippen LogP contribution in [0.1, 0.15) is 94.5 Å². The maximum Gasteiger partial charge on any atom is 0.0492 e. The Balaban J connectivity index is 0.801. The van der Waals surface area contributed by atoms with Gasteiger partial charge in [0, 0.05) is 69.7 Å². The Bertz CT molecular complexity index is 3250. The zero-order valence-electron chi connectivity index (χ0n) is 41.4. The summed E-state index contributed by atoms with van der Waals surface area (Å²) in [4.78, 5) is 13.3. The largest absolute Gasteiger partial charge is 0.310 e. The van der Waals surface area contributed by atoms with E-state index in [0.717, 1.165) is 34.1 Å². The van der Waals surface area contributed by atoms with E-state index in [0.29, 0.717) is 0 Å². The van der Waals surface area contributed by atoms with E-state index >= 15 is 0 Å². The number of rotatable bonds is 10. The average Bonchev–Trinajstić information content (AvgIpc) is 3.71. The van der Waals surface area contributed by atoms with Crippen LogP contribution in [0.2, 0.25) is 0 Å². The number of nitrogens with zero attached hydrogens (tertiary/aromatic N) is 4. The molecule has 0 fully saturated rings. The molecule has 0 amide bonds. The van der Waals surface area contributed by atoms with Gasteiger partial charge in [-0.3, -0.25) is 9.97 Å². The predicted octanol–water partition coefficient (Wildman–Crippen LogP) is 17.6. The second-order valence-electron chi connectivity index (χ2n) is 20.4. The van der Waals surface area contributed by atoms with E-state index in [9.17, 15) is 0 Å². The summed E-state index contributed by atoms with van der Waals surface area (Å²) in [5, 5.41) is 0. The number of fused-ring (bicyclic) bond motifs is 6. The molecular formula is C66H58N4. The van der Waals surface area contributed by atoms with E-state index in [1.807, 2.05) is 24.8 Å². The molecule has 0 aliphatic heterocycles. The standard InChI is InChI=1S/C66H58N4/c1-43-33-44(2)36-55(35-43)69(51-25-29-67-30-26-51)53-19-23-59-57-21-17-49(39-61(57)65(5,6)63(59)41-53)15-13-47-9-11-48(12-10-47)14-16-50-18-22-58-60-24-20-54(42-64(60)66(7,8)62(58)40-50)70(52-27-31-68-32-28-52)56-37-45(3)34-46(4)38-56/h9-42H,1-8H3/b15-13+,16-14+. The first-order valence-corrected chi connectivity index (χ1v) is 24.4. The predicted molar refractivity (Wildman–Crippen MR) is 296 cm³/mol. The summed E-state index contributed by atoms with van der Waals surface area (Å²) in [5.41, 5.74) is 26.8. The van der Waals surface area contributed by atoms with E-state index in [2.05, 4.69) is 257 Å². The van der Waals surface area contributed by atoms with Crippen LogP contribution in [0.4, 0.5) is 34.1 Å². The molecule has 70 heavy (non-hydrogen) atoms. The van der Waals surface area contributed by atoms with Crippen LogP contribution in [0.3, 0.4) is 0 Å². The van der Waals surface area contributed by atoms with Crippen LogP contribution < -0.4 is 9.80 Å². The highest BCUT2D eigenvalue weighted by atomic mass is 15.1. The molecule has 4 heteroatoms. The fourth-order valence-electron chi connectivity index (χ4n) is 11.1. The Morgan fingerprint density at radius 3 is 0.957 bits per heavy atom. The molecular weight excluding hydrogens is 849 g/mol. The van der Waals surface area contributed by atoms with Crippen molar-refractivity contribution in [2.24, 2.45) is 0 Å². The Kier molecular flexibility index (Phi) is 11.1. The molecule has 2 aliphatic carbocycles. The van der Waals surface area contributed by atoms with Gasteiger partial charge in [-0.25, -0.2) is 0 Å². The maximum atomic E-state index is 4.32. The third-order valence-corrected chi connectivity index (χ3v) is 14.5. The molecule has 2 aliphatic rings. The van der Waals surface area contributed by atoms with Gasteiger partial charge in [0.2, 0.25) is 0 Å². The van der Waals surface area contributed by atoms with Gasteiger partial charge in [0.15, 0.2) is 0 Å². The summed E-state index contributed by atoms with van der Waals surface area (Å²) in [6.45, 7) is 18.1. The Labute approximate surface area is 414 Å². The van der Waals surface area contributed by atoms with Gasteiger partial charge in [-0.05, 0) is 190 Å². The molecule has 4 nitrogen and oxygen atoms in total. The first kappa shape index (κ1) is 44.4. The summed E-state index contributed by atoms with van der Waals surface area (Å²) < 4.78 is 0. The number of pyridine rings is 2. The number of benzene rings is 7. The zero-order chi connectivity index (χ0) is 48.3. The van der Waals surface area contributed by atoms with Crippen molar-refractivity contribution in [1.29, 1.82) is 0 Å². The van der Waals surface area contributed by atoms with Crippen molar-refractivity contribution in [2.75, 3.05) is 9.80 Å². The zero-order valence-corrected chi connectivity index (χ0v) is 41.4. The molecule has 0 bridgehead atoms. The van der Waals surface area contributed by atoms with Gasteiger partial charge in [-0.2, -0.15) is 0 Å². The number of hydrogen-bond donors (Lipinski definition) is 0. The van der Waals surface area contributed by atoms with Crippen LogP contribution in [0, 0.1) is 27.7 Å². The SMILES string of the molecule is Cc1cc(C)cc(N(c2ccncc2)c2ccc3c(c2)C(C)(C)c2cc(/C=C/c4ccc(/C=C/c5ccc6c(c5)C(C)(C)c5cc(N(c7ccncc7)c7cc(C)cc(C)c7)ccc5-6)cc4)ccc2-3)c1. The van der Waals surface area contributed by atoms with E-state index in [4.69, 9.17) is 0 Å². The number of aromatic nitrogens is 2. The normalized spacial score (nSPS) is 13.8. The molecule has 11 rings (SSSR count). The third-order valence-electron chi connectivity index (χ3n) is 14.5. The molecule has 9 aromatic rings. The van der Waals surface area contributed by atoms with Crippen molar-refractivity contribution in [3.63, 3.8) is 0 Å². The third kappa shape index (κ3) is 8.13. The van der Waals surface area contributed by atoms with E-state index < -0.39 is 0 Å². The van der Waals surface area contributed by atoms with Crippen molar-refractivity contribution >= 4 is 58.4 Å². The van der Waals surface area contributed by atoms with Gasteiger partial charge in [0.25, 0.3) is 0 Å². The molecule has 0 spiro atoms. The monoisotopic (exact) mass is 906 g/mol. The van der Waals surface area contributed by atoms with Gasteiger partial charge in [-0.15, -0.1) is 0 Å². The fraction of sp³-hybridized carbons (Fsp3) is 0.152. The van der Waals surface area contributed by atoms with Crippen LogP contribution in [-0.2, 0) is 10.8 Å². The van der Waals surface area contributed by atoms with Crippen molar-refractivity contribution in [3.05, 3.63) is 249 Å². The van der Waals surface area contributed by atoms with E-state index in [1.165, 1.54) is 89.0 Å². The first-order chi connectivity index (χ1) is 33.8. The van der Waals surface area contributed by atoms with Gasteiger partial charge in [0.1, 0.15) is 0 Å². The minimum Gasteiger partial charge on any atom is -0.310 e. The summed E-state index contributed by atoms with van der Waals surface area (Å²) in [6.07, 6.45) is 16.4. The lowest BCUT2D eigenvalue weighted by atomic mass is 9.81. The maximum absolute atomic E-state index is 4.32. The van der Waals surface area contributed by atoms with Crippen molar-refractivity contribution in [3.8, 4) is 22.3 Å². The minimum atomic E-state index is -0.170. The number of aryl methyl sites for hydroxylation is 4. The molecule has 0 atom stereocenters.